The van der Waals surface area contributed by atoms with Crippen LogP contribution in [0.15, 0.2) is 66.7 Å². The van der Waals surface area contributed by atoms with E-state index in [0.29, 0.717) is 22.9 Å². The van der Waals surface area contributed by atoms with Gasteiger partial charge in [0.1, 0.15) is 18.4 Å². The largest absolute Gasteiger partial charge is 0.492 e. The normalized spacial score (nSPS) is 12.4. The van der Waals surface area contributed by atoms with Crippen LogP contribution < -0.4 is 14.4 Å². The molecule has 0 heterocycles. The first-order chi connectivity index (χ1) is 14.8. The third kappa shape index (κ3) is 5.89. The van der Waals surface area contributed by atoms with Crippen molar-refractivity contribution in [1.29, 1.82) is 0 Å². The van der Waals surface area contributed by atoms with Crippen LogP contribution in [0.25, 0.3) is 10.8 Å². The molecule has 0 aliphatic rings. The van der Waals surface area contributed by atoms with Crippen molar-refractivity contribution in [2.75, 3.05) is 23.7 Å². The van der Waals surface area contributed by atoms with E-state index in [9.17, 15) is 13.2 Å². The van der Waals surface area contributed by atoms with Gasteiger partial charge in [-0.15, -0.1) is 0 Å². The monoisotopic (exact) mass is 460 g/mol. The van der Waals surface area contributed by atoms with Crippen molar-refractivity contribution < 1.29 is 17.9 Å². The molecular weight excluding hydrogens is 436 g/mol. The molecule has 0 unspecified atom stereocenters. The second kappa shape index (κ2) is 10.0. The Morgan fingerprint density at radius 2 is 1.74 bits per heavy atom. The summed E-state index contributed by atoms with van der Waals surface area (Å²) in [5, 5.41) is 5.46. The van der Waals surface area contributed by atoms with Gasteiger partial charge in [0, 0.05) is 5.02 Å². The van der Waals surface area contributed by atoms with E-state index in [1.165, 1.54) is 0 Å². The number of nitrogens with zero attached hydrogens (tertiary/aromatic N) is 1. The molecule has 31 heavy (non-hydrogen) atoms. The molecule has 0 radical (unpaired) electrons. The summed E-state index contributed by atoms with van der Waals surface area (Å²) in [6, 6.07) is 19.3. The van der Waals surface area contributed by atoms with Crippen molar-refractivity contribution in [3.05, 3.63) is 71.8 Å². The molecule has 6 nitrogen and oxygen atoms in total. The number of benzene rings is 3. The van der Waals surface area contributed by atoms with Gasteiger partial charge in [0.05, 0.1) is 18.5 Å². The average Bonchev–Trinajstić information content (AvgIpc) is 2.74. The SMILES string of the molecule is CC[C@@H](C(=O)NCCOc1ccc2ccccc2c1)N(c1ccc(Cl)cc1)S(C)(=O)=O. The summed E-state index contributed by atoms with van der Waals surface area (Å²) in [6.45, 7) is 2.28. The number of nitrogens with one attached hydrogen (secondary N) is 1. The standard InChI is InChI=1S/C23H25ClN2O4S/c1-3-22(26(31(2,28)29)20-11-9-19(24)10-12-20)23(27)25-14-15-30-21-13-8-17-6-4-5-7-18(17)16-21/h4-13,16,22H,3,14-15H2,1-2H3,(H,25,27)/t22-/m0/s1. The Hall–Kier alpha value is -2.77. The molecule has 0 aromatic heterocycles. The average molecular weight is 461 g/mol. The third-order valence-electron chi connectivity index (χ3n) is 4.80. The van der Waals surface area contributed by atoms with Crippen molar-refractivity contribution in [2.45, 2.75) is 19.4 Å². The minimum atomic E-state index is -3.68. The van der Waals surface area contributed by atoms with E-state index in [0.717, 1.165) is 21.3 Å². The number of carbonyl (C=O) groups is 1. The molecule has 3 aromatic carbocycles. The fraction of sp³-hybridized carbons (Fsp3) is 0.261. The molecule has 3 aromatic rings. The molecule has 1 atom stereocenters. The van der Waals surface area contributed by atoms with E-state index in [2.05, 4.69) is 5.32 Å². The quantitative estimate of drug-likeness (QED) is 0.485. The summed E-state index contributed by atoms with van der Waals surface area (Å²) in [7, 11) is -3.68. The second-order valence-corrected chi connectivity index (χ2v) is 9.40. The van der Waals surface area contributed by atoms with Crippen molar-refractivity contribution >= 4 is 44.0 Å². The Balaban J connectivity index is 1.63. The highest BCUT2D eigenvalue weighted by atomic mass is 35.5. The maximum Gasteiger partial charge on any atom is 0.244 e. The Kier molecular flexibility index (Phi) is 7.41. The number of carbonyl (C=O) groups excluding carboxylic acids is 1. The topological polar surface area (TPSA) is 75.7 Å². The van der Waals surface area contributed by atoms with Crippen LogP contribution in [-0.2, 0) is 14.8 Å². The van der Waals surface area contributed by atoms with E-state index in [1.54, 1.807) is 31.2 Å². The molecule has 0 fully saturated rings. The summed E-state index contributed by atoms with van der Waals surface area (Å²) in [6.07, 6.45) is 1.40. The van der Waals surface area contributed by atoms with Crippen molar-refractivity contribution in [1.82, 2.24) is 5.32 Å². The van der Waals surface area contributed by atoms with Gasteiger partial charge >= 0.3 is 0 Å². The molecule has 8 heteroatoms. The molecule has 0 saturated carbocycles. The Bertz CT molecular complexity index is 1150. The van der Waals surface area contributed by atoms with Gasteiger partial charge < -0.3 is 10.1 Å². The lowest BCUT2D eigenvalue weighted by molar-refractivity contribution is -0.122. The van der Waals surface area contributed by atoms with Gasteiger partial charge in [-0.2, -0.15) is 0 Å². The fourth-order valence-electron chi connectivity index (χ4n) is 3.37. The Labute approximate surface area is 187 Å². The molecule has 3 rings (SSSR count). The van der Waals surface area contributed by atoms with Gasteiger partial charge in [0.2, 0.25) is 15.9 Å². The predicted octanol–water partition coefficient (Wildman–Crippen LogP) is 4.23. The fourth-order valence-corrected chi connectivity index (χ4v) is 4.70. The minimum absolute atomic E-state index is 0.250. The number of amides is 1. The number of sulfonamides is 1. The maximum absolute atomic E-state index is 12.8. The van der Waals surface area contributed by atoms with E-state index in [-0.39, 0.29) is 19.1 Å². The lowest BCUT2D eigenvalue weighted by Crippen LogP contribution is -2.50. The predicted molar refractivity (Wildman–Crippen MR) is 125 cm³/mol. The third-order valence-corrected chi connectivity index (χ3v) is 6.23. The van der Waals surface area contributed by atoms with Crippen LogP contribution in [0, 0.1) is 0 Å². The molecule has 0 saturated heterocycles. The molecular formula is C23H25ClN2O4S. The molecule has 0 spiro atoms. The van der Waals surface area contributed by atoms with E-state index >= 15 is 0 Å². The number of halogens is 1. The van der Waals surface area contributed by atoms with Gasteiger partial charge in [0.15, 0.2) is 0 Å². The highest BCUT2D eigenvalue weighted by Crippen LogP contribution is 2.24. The zero-order valence-corrected chi connectivity index (χ0v) is 19.0. The maximum atomic E-state index is 12.8. The summed E-state index contributed by atoms with van der Waals surface area (Å²) >= 11 is 5.91. The number of ether oxygens (including phenoxy) is 1. The molecule has 164 valence electrons. The van der Waals surface area contributed by atoms with Crippen LogP contribution in [0.4, 0.5) is 5.69 Å². The summed E-state index contributed by atoms with van der Waals surface area (Å²) in [4.78, 5) is 12.8. The smallest absolute Gasteiger partial charge is 0.244 e. The molecule has 1 N–H and O–H groups in total. The number of rotatable bonds is 9. The number of hydrogen-bond donors (Lipinski definition) is 1. The zero-order chi connectivity index (χ0) is 22.4. The van der Waals surface area contributed by atoms with Crippen LogP contribution >= 0.6 is 11.6 Å². The van der Waals surface area contributed by atoms with Crippen LogP contribution in [0.2, 0.25) is 5.02 Å². The molecule has 0 aliphatic carbocycles. The Morgan fingerprint density at radius 3 is 2.39 bits per heavy atom. The highest BCUT2D eigenvalue weighted by Gasteiger charge is 2.31. The number of anilines is 1. The summed E-state index contributed by atoms with van der Waals surface area (Å²) in [5.74, 6) is 0.323. The van der Waals surface area contributed by atoms with Crippen molar-refractivity contribution in [2.24, 2.45) is 0 Å². The van der Waals surface area contributed by atoms with Gasteiger partial charge in [-0.3, -0.25) is 9.10 Å². The molecule has 1 amide bonds. The molecule has 0 aliphatic heterocycles. The van der Waals surface area contributed by atoms with Gasteiger partial charge in [0.25, 0.3) is 0 Å². The summed E-state index contributed by atoms with van der Waals surface area (Å²) in [5.41, 5.74) is 0.390. The van der Waals surface area contributed by atoms with Crippen LogP contribution in [0.5, 0.6) is 5.75 Å². The number of hydrogen-bond acceptors (Lipinski definition) is 4. The zero-order valence-electron chi connectivity index (χ0n) is 17.4. The lowest BCUT2D eigenvalue weighted by Gasteiger charge is -2.30. The first kappa shape index (κ1) is 22.9. The molecule has 0 bridgehead atoms. The van der Waals surface area contributed by atoms with E-state index < -0.39 is 16.1 Å². The van der Waals surface area contributed by atoms with Crippen LogP contribution in [0.1, 0.15) is 13.3 Å². The number of fused-ring (bicyclic) bond motifs is 1. The van der Waals surface area contributed by atoms with E-state index in [1.807, 2.05) is 42.5 Å². The van der Waals surface area contributed by atoms with Crippen molar-refractivity contribution in [3.63, 3.8) is 0 Å². The highest BCUT2D eigenvalue weighted by molar-refractivity contribution is 7.92. The van der Waals surface area contributed by atoms with Gasteiger partial charge in [-0.05, 0) is 53.6 Å². The lowest BCUT2D eigenvalue weighted by atomic mass is 10.1. The minimum Gasteiger partial charge on any atom is -0.492 e. The second-order valence-electron chi connectivity index (χ2n) is 7.11. The van der Waals surface area contributed by atoms with Crippen LogP contribution in [-0.4, -0.2) is 39.8 Å². The Morgan fingerprint density at radius 1 is 1.06 bits per heavy atom. The van der Waals surface area contributed by atoms with Crippen LogP contribution in [0.3, 0.4) is 0 Å². The first-order valence-electron chi connectivity index (χ1n) is 9.94. The van der Waals surface area contributed by atoms with E-state index in [4.69, 9.17) is 16.3 Å². The van der Waals surface area contributed by atoms with Gasteiger partial charge in [-0.1, -0.05) is 48.9 Å². The first-order valence-corrected chi connectivity index (χ1v) is 12.2. The summed E-state index contributed by atoms with van der Waals surface area (Å²) < 4.78 is 31.7. The van der Waals surface area contributed by atoms with Gasteiger partial charge in [-0.25, -0.2) is 8.42 Å². The van der Waals surface area contributed by atoms with Crippen molar-refractivity contribution in [3.8, 4) is 5.75 Å².